The second kappa shape index (κ2) is 7.01. The third kappa shape index (κ3) is 3.82. The molecular weight excluding hydrogens is 214 g/mol. The Labute approximate surface area is 103 Å². The molecule has 0 spiro atoms. The minimum absolute atomic E-state index is 0.0707. The van der Waals surface area contributed by atoms with Crippen LogP contribution in [0.3, 0.4) is 0 Å². The average molecular weight is 235 g/mol. The first-order valence-corrected chi connectivity index (χ1v) is 6.11. The van der Waals surface area contributed by atoms with E-state index >= 15 is 0 Å². The molecule has 0 aliphatic carbocycles. The summed E-state index contributed by atoms with van der Waals surface area (Å²) in [6.07, 6.45) is 2.53. The number of rotatable bonds is 6. The molecule has 0 aliphatic heterocycles. The fourth-order valence-electron chi connectivity index (χ4n) is 1.73. The standard InChI is InChI=1S/C13H21N3O/c1-3-11(9-14)13(17)16(4-2)10-12-7-5-6-8-15-12/h5-8,11H,3-4,9-10,14H2,1-2H3. The number of hydrogen-bond donors (Lipinski definition) is 1. The summed E-state index contributed by atoms with van der Waals surface area (Å²) in [5, 5.41) is 0. The highest BCUT2D eigenvalue weighted by Crippen LogP contribution is 2.09. The molecule has 4 heteroatoms. The van der Waals surface area contributed by atoms with Crippen LogP contribution in [0.1, 0.15) is 26.0 Å². The van der Waals surface area contributed by atoms with E-state index in [0.29, 0.717) is 19.6 Å². The Hall–Kier alpha value is -1.42. The monoisotopic (exact) mass is 235 g/mol. The fraction of sp³-hybridized carbons (Fsp3) is 0.538. The molecule has 1 heterocycles. The van der Waals surface area contributed by atoms with Crippen LogP contribution in [0, 0.1) is 5.92 Å². The van der Waals surface area contributed by atoms with Crippen molar-refractivity contribution in [2.24, 2.45) is 11.7 Å². The number of carbonyl (C=O) groups is 1. The molecule has 1 atom stereocenters. The van der Waals surface area contributed by atoms with Gasteiger partial charge in [0.05, 0.1) is 18.2 Å². The minimum atomic E-state index is -0.0707. The molecule has 0 aliphatic rings. The summed E-state index contributed by atoms with van der Waals surface area (Å²) in [6.45, 7) is 5.63. The smallest absolute Gasteiger partial charge is 0.227 e. The van der Waals surface area contributed by atoms with Crippen molar-refractivity contribution in [3.8, 4) is 0 Å². The number of pyridine rings is 1. The molecule has 94 valence electrons. The topological polar surface area (TPSA) is 59.2 Å². The van der Waals surface area contributed by atoms with E-state index in [-0.39, 0.29) is 11.8 Å². The van der Waals surface area contributed by atoms with Crippen LogP contribution >= 0.6 is 0 Å². The first-order valence-electron chi connectivity index (χ1n) is 6.11. The Morgan fingerprint density at radius 1 is 1.47 bits per heavy atom. The molecule has 0 radical (unpaired) electrons. The molecule has 0 saturated carbocycles. The second-order valence-corrected chi connectivity index (χ2v) is 4.01. The maximum Gasteiger partial charge on any atom is 0.227 e. The van der Waals surface area contributed by atoms with Crippen LogP contribution in [0.15, 0.2) is 24.4 Å². The molecule has 0 fully saturated rings. The molecular formula is C13H21N3O. The van der Waals surface area contributed by atoms with Gasteiger partial charge in [0.15, 0.2) is 0 Å². The molecule has 1 aromatic heterocycles. The van der Waals surface area contributed by atoms with Gasteiger partial charge in [-0.05, 0) is 25.5 Å². The zero-order valence-corrected chi connectivity index (χ0v) is 10.6. The average Bonchev–Trinajstić information content (AvgIpc) is 2.38. The molecule has 17 heavy (non-hydrogen) atoms. The lowest BCUT2D eigenvalue weighted by molar-refractivity contribution is -0.135. The Kier molecular flexibility index (Phi) is 5.63. The van der Waals surface area contributed by atoms with Crippen molar-refractivity contribution in [2.75, 3.05) is 13.1 Å². The first kappa shape index (κ1) is 13.6. The number of amides is 1. The van der Waals surface area contributed by atoms with Crippen molar-refractivity contribution in [1.82, 2.24) is 9.88 Å². The molecule has 0 aromatic carbocycles. The first-order chi connectivity index (χ1) is 8.22. The molecule has 1 rings (SSSR count). The molecule has 1 aromatic rings. The van der Waals surface area contributed by atoms with E-state index in [1.165, 1.54) is 0 Å². The van der Waals surface area contributed by atoms with Crippen LogP contribution in [0.25, 0.3) is 0 Å². The van der Waals surface area contributed by atoms with Gasteiger partial charge in [0, 0.05) is 19.3 Å². The van der Waals surface area contributed by atoms with Crippen LogP contribution in [-0.2, 0) is 11.3 Å². The Bertz CT molecular complexity index is 336. The van der Waals surface area contributed by atoms with Gasteiger partial charge in [0.25, 0.3) is 0 Å². The van der Waals surface area contributed by atoms with E-state index in [0.717, 1.165) is 12.1 Å². The third-order valence-electron chi connectivity index (χ3n) is 2.90. The van der Waals surface area contributed by atoms with Crippen LogP contribution in [0.5, 0.6) is 0 Å². The van der Waals surface area contributed by atoms with Crippen LogP contribution in [-0.4, -0.2) is 28.9 Å². The van der Waals surface area contributed by atoms with Crippen molar-refractivity contribution in [2.45, 2.75) is 26.8 Å². The number of carbonyl (C=O) groups excluding carboxylic acids is 1. The highest BCUT2D eigenvalue weighted by molar-refractivity contribution is 5.78. The second-order valence-electron chi connectivity index (χ2n) is 4.01. The van der Waals surface area contributed by atoms with Gasteiger partial charge in [-0.25, -0.2) is 0 Å². The Morgan fingerprint density at radius 3 is 2.71 bits per heavy atom. The number of hydrogen-bond acceptors (Lipinski definition) is 3. The summed E-state index contributed by atoms with van der Waals surface area (Å²) < 4.78 is 0. The van der Waals surface area contributed by atoms with E-state index in [1.807, 2.05) is 36.9 Å². The van der Waals surface area contributed by atoms with Gasteiger partial charge in [-0.3, -0.25) is 9.78 Å². The van der Waals surface area contributed by atoms with Gasteiger partial charge in [0.2, 0.25) is 5.91 Å². The highest BCUT2D eigenvalue weighted by atomic mass is 16.2. The zero-order valence-electron chi connectivity index (χ0n) is 10.6. The van der Waals surface area contributed by atoms with Crippen molar-refractivity contribution in [1.29, 1.82) is 0 Å². The van der Waals surface area contributed by atoms with Crippen molar-refractivity contribution < 1.29 is 4.79 Å². The van der Waals surface area contributed by atoms with E-state index in [1.54, 1.807) is 6.20 Å². The van der Waals surface area contributed by atoms with Gasteiger partial charge < -0.3 is 10.6 Å². The normalized spacial score (nSPS) is 12.2. The van der Waals surface area contributed by atoms with Crippen molar-refractivity contribution in [3.05, 3.63) is 30.1 Å². The highest BCUT2D eigenvalue weighted by Gasteiger charge is 2.20. The van der Waals surface area contributed by atoms with Gasteiger partial charge in [0.1, 0.15) is 0 Å². The largest absolute Gasteiger partial charge is 0.337 e. The van der Waals surface area contributed by atoms with E-state index in [4.69, 9.17) is 5.73 Å². The Morgan fingerprint density at radius 2 is 2.24 bits per heavy atom. The van der Waals surface area contributed by atoms with Gasteiger partial charge in [-0.15, -0.1) is 0 Å². The SMILES string of the molecule is CCC(CN)C(=O)N(CC)Cc1ccccn1. The third-order valence-corrected chi connectivity index (χ3v) is 2.90. The van der Waals surface area contributed by atoms with Crippen molar-refractivity contribution >= 4 is 5.91 Å². The maximum absolute atomic E-state index is 12.2. The summed E-state index contributed by atoms with van der Waals surface area (Å²) in [5.74, 6) is 0.0572. The molecule has 0 bridgehead atoms. The molecule has 1 amide bonds. The molecule has 0 saturated heterocycles. The molecule has 2 N–H and O–H groups in total. The minimum Gasteiger partial charge on any atom is -0.337 e. The number of nitrogens with zero attached hydrogens (tertiary/aromatic N) is 2. The predicted octanol–water partition coefficient (Wildman–Crippen LogP) is 1.41. The van der Waals surface area contributed by atoms with E-state index in [2.05, 4.69) is 4.98 Å². The molecule has 4 nitrogen and oxygen atoms in total. The molecule has 1 unspecified atom stereocenters. The lowest BCUT2D eigenvalue weighted by atomic mass is 10.1. The predicted molar refractivity (Wildman–Crippen MR) is 68.2 cm³/mol. The van der Waals surface area contributed by atoms with Gasteiger partial charge >= 0.3 is 0 Å². The lowest BCUT2D eigenvalue weighted by Crippen LogP contribution is -2.38. The van der Waals surface area contributed by atoms with E-state index in [9.17, 15) is 4.79 Å². The summed E-state index contributed by atoms with van der Waals surface area (Å²) in [7, 11) is 0. The summed E-state index contributed by atoms with van der Waals surface area (Å²) >= 11 is 0. The summed E-state index contributed by atoms with van der Waals surface area (Å²) in [6, 6.07) is 5.73. The maximum atomic E-state index is 12.2. The van der Waals surface area contributed by atoms with Crippen LogP contribution in [0.4, 0.5) is 0 Å². The zero-order chi connectivity index (χ0) is 12.7. The van der Waals surface area contributed by atoms with Gasteiger partial charge in [-0.2, -0.15) is 0 Å². The fourth-order valence-corrected chi connectivity index (χ4v) is 1.73. The van der Waals surface area contributed by atoms with Crippen LogP contribution < -0.4 is 5.73 Å². The quantitative estimate of drug-likeness (QED) is 0.811. The lowest BCUT2D eigenvalue weighted by Gasteiger charge is -2.24. The van der Waals surface area contributed by atoms with Crippen molar-refractivity contribution in [3.63, 3.8) is 0 Å². The summed E-state index contributed by atoms with van der Waals surface area (Å²) in [5.41, 5.74) is 6.52. The number of aromatic nitrogens is 1. The van der Waals surface area contributed by atoms with E-state index < -0.39 is 0 Å². The van der Waals surface area contributed by atoms with Crippen LogP contribution in [0.2, 0.25) is 0 Å². The number of nitrogens with two attached hydrogens (primary N) is 1. The van der Waals surface area contributed by atoms with Gasteiger partial charge in [-0.1, -0.05) is 13.0 Å². The summed E-state index contributed by atoms with van der Waals surface area (Å²) in [4.78, 5) is 18.2. The Balaban J connectivity index is 2.68.